The fraction of sp³-hybridized carbons (Fsp3) is 0.647. The van der Waals surface area contributed by atoms with Gasteiger partial charge in [-0.25, -0.2) is 9.78 Å². The van der Waals surface area contributed by atoms with Crippen LogP contribution in [0.5, 0.6) is 5.88 Å². The third-order valence-corrected chi connectivity index (χ3v) is 3.27. The Morgan fingerprint density at radius 1 is 1.35 bits per heavy atom. The summed E-state index contributed by atoms with van der Waals surface area (Å²) in [6.45, 7) is 12.5. The number of hydrogen-bond acceptors (Lipinski definition) is 5. The van der Waals surface area contributed by atoms with Crippen molar-refractivity contribution in [1.29, 1.82) is 0 Å². The van der Waals surface area contributed by atoms with Crippen LogP contribution in [0.3, 0.4) is 0 Å². The Hall–Kier alpha value is -1.82. The van der Waals surface area contributed by atoms with Gasteiger partial charge in [0.05, 0.1) is 12.8 Å². The van der Waals surface area contributed by atoms with Crippen LogP contribution in [0, 0.1) is 0 Å². The number of hydrogen-bond donors (Lipinski definition) is 0. The van der Waals surface area contributed by atoms with Gasteiger partial charge in [0.2, 0.25) is 5.88 Å². The van der Waals surface area contributed by atoms with Crippen molar-refractivity contribution in [2.45, 2.75) is 52.9 Å². The molecule has 6 nitrogen and oxygen atoms in total. The second-order valence-corrected chi connectivity index (χ2v) is 7.11. The third-order valence-electron chi connectivity index (χ3n) is 3.27. The van der Waals surface area contributed by atoms with E-state index in [4.69, 9.17) is 9.47 Å². The van der Waals surface area contributed by atoms with Crippen LogP contribution in [-0.2, 0) is 11.3 Å². The Labute approximate surface area is 138 Å². The maximum Gasteiger partial charge on any atom is 0.411 e. The molecule has 1 aromatic heterocycles. The summed E-state index contributed by atoms with van der Waals surface area (Å²) in [4.78, 5) is 20.2. The van der Waals surface area contributed by atoms with E-state index in [1.54, 1.807) is 11.1 Å². The lowest BCUT2D eigenvalue weighted by atomic mass is 10.2. The molecule has 23 heavy (non-hydrogen) atoms. The fourth-order valence-corrected chi connectivity index (χ4v) is 2.36. The van der Waals surface area contributed by atoms with E-state index in [1.165, 1.54) is 0 Å². The maximum atomic E-state index is 12.1. The zero-order valence-corrected chi connectivity index (χ0v) is 14.7. The van der Waals surface area contributed by atoms with Crippen LogP contribution in [0.4, 0.5) is 4.79 Å². The van der Waals surface area contributed by atoms with Crippen molar-refractivity contribution in [1.82, 2.24) is 14.8 Å². The number of rotatable bonds is 4. The summed E-state index contributed by atoms with van der Waals surface area (Å²) in [5, 5.41) is 0. The summed E-state index contributed by atoms with van der Waals surface area (Å²) in [6.07, 6.45) is 1.61. The molecular weight excluding hydrogens is 294 g/mol. The number of nitrogens with zero attached hydrogens (tertiary/aromatic N) is 3. The summed E-state index contributed by atoms with van der Waals surface area (Å²) >= 11 is 0. The van der Waals surface area contributed by atoms with Crippen LogP contribution in [0.2, 0.25) is 0 Å². The van der Waals surface area contributed by atoms with E-state index in [0.29, 0.717) is 19.1 Å². The molecule has 0 bridgehead atoms. The first kappa shape index (κ1) is 17.5. The van der Waals surface area contributed by atoms with Gasteiger partial charge in [0.25, 0.3) is 0 Å². The number of carbonyl (C=O) groups is 1. The van der Waals surface area contributed by atoms with Gasteiger partial charge < -0.3 is 9.47 Å². The average molecular weight is 321 g/mol. The molecule has 0 aromatic carbocycles. The van der Waals surface area contributed by atoms with Crippen LogP contribution in [-0.4, -0.2) is 52.3 Å². The molecule has 0 atom stereocenters. The Morgan fingerprint density at radius 3 is 2.74 bits per heavy atom. The summed E-state index contributed by atoms with van der Waals surface area (Å²) in [5.74, 6) is 0.640. The molecule has 0 saturated carbocycles. The van der Waals surface area contributed by atoms with Gasteiger partial charge >= 0.3 is 6.09 Å². The van der Waals surface area contributed by atoms with Crippen molar-refractivity contribution in [2.24, 2.45) is 0 Å². The topological polar surface area (TPSA) is 54.9 Å². The molecule has 1 amide bonds. The van der Waals surface area contributed by atoms with Crippen molar-refractivity contribution >= 4 is 6.09 Å². The Bertz CT molecular complexity index is 540. The average Bonchev–Trinajstić information content (AvgIpc) is 2.85. The molecule has 0 radical (unpaired) electrons. The lowest BCUT2D eigenvalue weighted by molar-refractivity contribution is 0.0263. The lowest BCUT2D eigenvalue weighted by Gasteiger charge is -2.24. The number of amides is 1. The summed E-state index contributed by atoms with van der Waals surface area (Å²) in [7, 11) is 0. The standard InChI is InChI=1S/C17H27N3O3/c1-13(2)22-15-10-14(6-7-18-15)11-19-8-9-20(12-19)16(21)23-17(3,4)5/h6-7,10,13H,8-9,11-12H2,1-5H3. The minimum atomic E-state index is -0.460. The summed E-state index contributed by atoms with van der Waals surface area (Å²) in [5.41, 5.74) is 0.667. The Morgan fingerprint density at radius 2 is 2.09 bits per heavy atom. The molecular formula is C17H27N3O3. The number of ether oxygens (including phenoxy) is 2. The SMILES string of the molecule is CC(C)Oc1cc(CN2CCN(C(=O)OC(C)(C)C)C2)ccn1. The van der Waals surface area contributed by atoms with Crippen LogP contribution >= 0.6 is 0 Å². The molecule has 1 fully saturated rings. The van der Waals surface area contributed by atoms with E-state index in [2.05, 4.69) is 9.88 Å². The highest BCUT2D eigenvalue weighted by atomic mass is 16.6. The third kappa shape index (κ3) is 5.71. The van der Waals surface area contributed by atoms with Crippen LogP contribution in [0.1, 0.15) is 40.2 Å². The fourth-order valence-electron chi connectivity index (χ4n) is 2.36. The molecule has 0 unspecified atom stereocenters. The molecule has 1 aliphatic rings. The van der Waals surface area contributed by atoms with Gasteiger partial charge in [-0.2, -0.15) is 0 Å². The van der Waals surface area contributed by atoms with Gasteiger partial charge in [0.15, 0.2) is 0 Å². The van der Waals surface area contributed by atoms with E-state index >= 15 is 0 Å². The van der Waals surface area contributed by atoms with E-state index in [1.807, 2.05) is 46.8 Å². The van der Waals surface area contributed by atoms with Crippen molar-refractivity contribution in [3.05, 3.63) is 23.9 Å². The normalized spacial score (nSPS) is 16.0. The molecule has 6 heteroatoms. The molecule has 1 aromatic rings. The first-order valence-corrected chi connectivity index (χ1v) is 8.05. The highest BCUT2D eigenvalue weighted by Crippen LogP contribution is 2.17. The van der Waals surface area contributed by atoms with Gasteiger partial charge in [-0.3, -0.25) is 9.80 Å². The van der Waals surface area contributed by atoms with Crippen molar-refractivity contribution in [3.8, 4) is 5.88 Å². The quantitative estimate of drug-likeness (QED) is 0.853. The molecule has 1 saturated heterocycles. The van der Waals surface area contributed by atoms with E-state index in [-0.39, 0.29) is 12.2 Å². The van der Waals surface area contributed by atoms with E-state index in [9.17, 15) is 4.79 Å². The Kier molecular flexibility index (Phi) is 5.46. The van der Waals surface area contributed by atoms with Crippen LogP contribution in [0.25, 0.3) is 0 Å². The van der Waals surface area contributed by atoms with E-state index in [0.717, 1.165) is 18.7 Å². The molecule has 2 heterocycles. The predicted octanol–water partition coefficient (Wildman–Crippen LogP) is 2.88. The number of aromatic nitrogens is 1. The second-order valence-electron chi connectivity index (χ2n) is 7.11. The second kappa shape index (κ2) is 7.17. The molecule has 0 N–H and O–H groups in total. The maximum absolute atomic E-state index is 12.1. The lowest BCUT2D eigenvalue weighted by Crippen LogP contribution is -2.36. The summed E-state index contributed by atoms with van der Waals surface area (Å²) < 4.78 is 11.0. The minimum absolute atomic E-state index is 0.104. The summed E-state index contributed by atoms with van der Waals surface area (Å²) in [6, 6.07) is 3.93. The minimum Gasteiger partial charge on any atom is -0.475 e. The largest absolute Gasteiger partial charge is 0.475 e. The zero-order valence-electron chi connectivity index (χ0n) is 14.7. The van der Waals surface area contributed by atoms with Crippen LogP contribution in [0.15, 0.2) is 18.3 Å². The number of carbonyl (C=O) groups excluding carboxylic acids is 1. The molecule has 128 valence electrons. The van der Waals surface area contributed by atoms with Gasteiger partial charge in [-0.15, -0.1) is 0 Å². The predicted molar refractivity (Wildman–Crippen MR) is 88.2 cm³/mol. The Balaban J connectivity index is 1.89. The van der Waals surface area contributed by atoms with Gasteiger partial charge in [-0.05, 0) is 46.2 Å². The van der Waals surface area contributed by atoms with Crippen LogP contribution < -0.4 is 4.74 Å². The van der Waals surface area contributed by atoms with Gasteiger partial charge in [0.1, 0.15) is 5.60 Å². The molecule has 2 rings (SSSR count). The number of pyridine rings is 1. The molecule has 1 aliphatic heterocycles. The monoisotopic (exact) mass is 321 g/mol. The van der Waals surface area contributed by atoms with Crippen molar-refractivity contribution < 1.29 is 14.3 Å². The first-order valence-electron chi connectivity index (χ1n) is 8.05. The highest BCUT2D eigenvalue weighted by molar-refractivity contribution is 5.68. The molecule has 0 spiro atoms. The molecule has 0 aliphatic carbocycles. The van der Waals surface area contributed by atoms with E-state index < -0.39 is 5.60 Å². The van der Waals surface area contributed by atoms with Gasteiger partial charge in [0, 0.05) is 31.9 Å². The zero-order chi connectivity index (χ0) is 17.0. The first-order chi connectivity index (χ1) is 10.7. The highest BCUT2D eigenvalue weighted by Gasteiger charge is 2.28. The smallest absolute Gasteiger partial charge is 0.411 e. The van der Waals surface area contributed by atoms with Crippen molar-refractivity contribution in [2.75, 3.05) is 19.8 Å². The van der Waals surface area contributed by atoms with Gasteiger partial charge in [-0.1, -0.05) is 0 Å². The van der Waals surface area contributed by atoms with Crippen molar-refractivity contribution in [3.63, 3.8) is 0 Å².